The average molecular weight is 365 g/mol. The Hall–Kier alpha value is -2.13. The van der Waals surface area contributed by atoms with E-state index in [1.165, 1.54) is 16.4 Å². The van der Waals surface area contributed by atoms with Crippen molar-refractivity contribution in [3.05, 3.63) is 18.2 Å². The summed E-state index contributed by atoms with van der Waals surface area (Å²) in [4.78, 5) is 25.2. The standard InChI is InChI=1S/C16H19N3O5S/c20-15-10-24-14-4-3-12(8-13(14)17-15)25(22,23)18-7-5-11(9-18)19-6-1-2-16(19)21/h3-4,8,11H,1-2,5-7,9-10H2,(H,17,20). The van der Waals surface area contributed by atoms with E-state index in [0.29, 0.717) is 43.9 Å². The van der Waals surface area contributed by atoms with Crippen LogP contribution in [0.25, 0.3) is 0 Å². The van der Waals surface area contributed by atoms with Crippen LogP contribution in [0.2, 0.25) is 0 Å². The van der Waals surface area contributed by atoms with Crippen molar-refractivity contribution < 1.29 is 22.7 Å². The highest BCUT2D eigenvalue weighted by atomic mass is 32.2. The predicted molar refractivity (Wildman–Crippen MR) is 88.7 cm³/mol. The summed E-state index contributed by atoms with van der Waals surface area (Å²) in [5, 5.41) is 2.62. The Labute approximate surface area is 145 Å². The maximum Gasteiger partial charge on any atom is 0.262 e. The molecule has 0 aromatic heterocycles. The van der Waals surface area contributed by atoms with E-state index in [4.69, 9.17) is 4.74 Å². The van der Waals surface area contributed by atoms with Gasteiger partial charge >= 0.3 is 0 Å². The van der Waals surface area contributed by atoms with Crippen LogP contribution >= 0.6 is 0 Å². The second kappa shape index (κ2) is 5.99. The van der Waals surface area contributed by atoms with Crippen LogP contribution < -0.4 is 10.1 Å². The number of fused-ring (bicyclic) bond motifs is 1. The van der Waals surface area contributed by atoms with Crippen molar-refractivity contribution in [3.63, 3.8) is 0 Å². The zero-order valence-corrected chi connectivity index (χ0v) is 14.4. The van der Waals surface area contributed by atoms with Gasteiger partial charge in [-0.05, 0) is 31.0 Å². The number of benzene rings is 1. The molecule has 2 fully saturated rings. The van der Waals surface area contributed by atoms with Gasteiger partial charge in [0.25, 0.3) is 5.91 Å². The summed E-state index contributed by atoms with van der Waals surface area (Å²) in [6, 6.07) is 4.42. The van der Waals surface area contributed by atoms with Crippen LogP contribution in [0.15, 0.2) is 23.1 Å². The Balaban J connectivity index is 1.55. The monoisotopic (exact) mass is 365 g/mol. The Morgan fingerprint density at radius 2 is 2.04 bits per heavy atom. The lowest BCUT2D eigenvalue weighted by atomic mass is 10.2. The zero-order chi connectivity index (χ0) is 17.6. The van der Waals surface area contributed by atoms with Crippen LogP contribution in [0.1, 0.15) is 19.3 Å². The molecule has 1 unspecified atom stereocenters. The van der Waals surface area contributed by atoms with E-state index in [1.807, 2.05) is 0 Å². The van der Waals surface area contributed by atoms with Crippen molar-refractivity contribution in [2.75, 3.05) is 31.6 Å². The molecule has 3 heterocycles. The number of hydrogen-bond donors (Lipinski definition) is 1. The molecule has 1 N–H and O–H groups in total. The van der Waals surface area contributed by atoms with E-state index in [1.54, 1.807) is 11.0 Å². The van der Waals surface area contributed by atoms with E-state index < -0.39 is 10.0 Å². The molecule has 8 nitrogen and oxygen atoms in total. The molecule has 3 aliphatic heterocycles. The molecule has 3 aliphatic rings. The molecule has 25 heavy (non-hydrogen) atoms. The molecule has 0 radical (unpaired) electrons. The third-order valence-corrected chi connectivity index (χ3v) is 6.76. The second-order valence-electron chi connectivity index (χ2n) is 6.49. The third-order valence-electron chi connectivity index (χ3n) is 4.90. The SMILES string of the molecule is O=C1COc2ccc(S(=O)(=O)N3CCC(N4CCCC4=O)C3)cc2N1. The summed E-state index contributed by atoms with van der Waals surface area (Å²) in [6.45, 7) is 1.33. The van der Waals surface area contributed by atoms with Gasteiger partial charge in [0.15, 0.2) is 6.61 Å². The van der Waals surface area contributed by atoms with Crippen LogP contribution in [-0.2, 0) is 19.6 Å². The van der Waals surface area contributed by atoms with Gasteiger partial charge in [-0.1, -0.05) is 0 Å². The van der Waals surface area contributed by atoms with Crippen molar-refractivity contribution in [1.29, 1.82) is 0 Å². The van der Waals surface area contributed by atoms with Gasteiger partial charge in [-0.3, -0.25) is 9.59 Å². The summed E-state index contributed by atoms with van der Waals surface area (Å²) in [6.07, 6.45) is 2.04. The van der Waals surface area contributed by atoms with Gasteiger partial charge in [0, 0.05) is 32.1 Å². The Morgan fingerprint density at radius 1 is 1.20 bits per heavy atom. The number of amides is 2. The quantitative estimate of drug-likeness (QED) is 0.837. The first kappa shape index (κ1) is 16.3. The molecule has 1 aromatic carbocycles. The van der Waals surface area contributed by atoms with E-state index in [9.17, 15) is 18.0 Å². The maximum absolute atomic E-state index is 12.9. The number of ether oxygens (including phenoxy) is 1. The van der Waals surface area contributed by atoms with Gasteiger partial charge in [0.05, 0.1) is 10.6 Å². The number of carbonyl (C=O) groups is 2. The van der Waals surface area contributed by atoms with Crippen LogP contribution in [0.5, 0.6) is 5.75 Å². The minimum Gasteiger partial charge on any atom is -0.482 e. The normalized spacial score (nSPS) is 24.2. The number of nitrogens with one attached hydrogen (secondary N) is 1. The molecule has 2 saturated heterocycles. The summed E-state index contributed by atoms with van der Waals surface area (Å²) < 4.78 is 32.5. The van der Waals surface area contributed by atoms with E-state index in [0.717, 1.165) is 6.42 Å². The average Bonchev–Trinajstić information content (AvgIpc) is 3.23. The second-order valence-corrected chi connectivity index (χ2v) is 8.43. The predicted octanol–water partition coefficient (Wildman–Crippen LogP) is 0.403. The number of hydrogen-bond acceptors (Lipinski definition) is 5. The maximum atomic E-state index is 12.9. The lowest BCUT2D eigenvalue weighted by molar-refractivity contribution is -0.129. The van der Waals surface area contributed by atoms with Crippen LogP contribution in [0.3, 0.4) is 0 Å². The minimum absolute atomic E-state index is 0.0505. The van der Waals surface area contributed by atoms with Crippen molar-refractivity contribution in [2.24, 2.45) is 0 Å². The van der Waals surface area contributed by atoms with Crippen LogP contribution in [0.4, 0.5) is 5.69 Å². The number of carbonyl (C=O) groups excluding carboxylic acids is 2. The molecule has 0 saturated carbocycles. The number of sulfonamides is 1. The molecular weight excluding hydrogens is 346 g/mol. The van der Waals surface area contributed by atoms with E-state index in [2.05, 4.69) is 5.32 Å². The highest BCUT2D eigenvalue weighted by molar-refractivity contribution is 7.89. The lowest BCUT2D eigenvalue weighted by Gasteiger charge is -2.24. The van der Waals surface area contributed by atoms with Gasteiger partial charge in [-0.25, -0.2) is 8.42 Å². The minimum atomic E-state index is -3.68. The Bertz CT molecular complexity index is 838. The van der Waals surface area contributed by atoms with Crippen molar-refractivity contribution >= 4 is 27.5 Å². The summed E-state index contributed by atoms with van der Waals surface area (Å²) in [5.41, 5.74) is 0.364. The molecule has 0 aliphatic carbocycles. The molecule has 9 heteroatoms. The fourth-order valence-corrected chi connectivity index (χ4v) is 5.13. The zero-order valence-electron chi connectivity index (χ0n) is 13.6. The molecule has 1 atom stereocenters. The van der Waals surface area contributed by atoms with Crippen LogP contribution in [0, 0.1) is 0 Å². The third kappa shape index (κ3) is 2.87. The summed E-state index contributed by atoms with van der Waals surface area (Å²) >= 11 is 0. The summed E-state index contributed by atoms with van der Waals surface area (Å²) in [7, 11) is -3.68. The first-order chi connectivity index (χ1) is 11.9. The van der Waals surface area contributed by atoms with Gasteiger partial charge < -0.3 is 15.0 Å². The largest absolute Gasteiger partial charge is 0.482 e. The van der Waals surface area contributed by atoms with E-state index in [-0.39, 0.29) is 29.4 Å². The summed E-state index contributed by atoms with van der Waals surface area (Å²) in [5.74, 6) is 0.259. The number of rotatable bonds is 3. The molecular formula is C16H19N3O5S. The van der Waals surface area contributed by atoms with Crippen molar-refractivity contribution in [3.8, 4) is 5.75 Å². The topological polar surface area (TPSA) is 96.0 Å². The molecule has 134 valence electrons. The fourth-order valence-electron chi connectivity index (χ4n) is 3.61. The highest BCUT2D eigenvalue weighted by Crippen LogP contribution is 2.32. The molecule has 2 amide bonds. The fraction of sp³-hybridized carbons (Fsp3) is 0.500. The van der Waals surface area contributed by atoms with Gasteiger partial charge in [0.1, 0.15) is 5.75 Å². The molecule has 0 spiro atoms. The highest BCUT2D eigenvalue weighted by Gasteiger charge is 2.38. The van der Waals surface area contributed by atoms with Gasteiger partial charge in [0.2, 0.25) is 15.9 Å². The number of likely N-dealkylation sites (tertiary alicyclic amines) is 1. The Kier molecular flexibility index (Phi) is 3.92. The molecule has 0 bridgehead atoms. The van der Waals surface area contributed by atoms with Gasteiger partial charge in [-0.2, -0.15) is 4.31 Å². The van der Waals surface area contributed by atoms with E-state index >= 15 is 0 Å². The first-order valence-electron chi connectivity index (χ1n) is 8.31. The first-order valence-corrected chi connectivity index (χ1v) is 9.75. The van der Waals surface area contributed by atoms with Crippen molar-refractivity contribution in [1.82, 2.24) is 9.21 Å². The molecule has 1 aromatic rings. The molecule has 4 rings (SSSR count). The lowest BCUT2D eigenvalue weighted by Crippen LogP contribution is -2.39. The number of anilines is 1. The Morgan fingerprint density at radius 3 is 2.80 bits per heavy atom. The van der Waals surface area contributed by atoms with Crippen LogP contribution in [-0.4, -0.2) is 61.7 Å². The van der Waals surface area contributed by atoms with Crippen molar-refractivity contribution in [2.45, 2.75) is 30.2 Å². The number of nitrogens with zero attached hydrogens (tertiary/aromatic N) is 2. The smallest absolute Gasteiger partial charge is 0.262 e. The van der Waals surface area contributed by atoms with Gasteiger partial charge in [-0.15, -0.1) is 0 Å².